The third-order valence-corrected chi connectivity index (χ3v) is 4.25. The highest BCUT2D eigenvalue weighted by molar-refractivity contribution is 5.97. The Morgan fingerprint density at radius 3 is 2.74 bits per heavy atom. The van der Waals surface area contributed by atoms with E-state index in [1.165, 1.54) is 0 Å². The molecule has 0 aliphatic carbocycles. The fraction of sp³-hybridized carbons (Fsp3) is 0.353. The van der Waals surface area contributed by atoms with Crippen molar-refractivity contribution in [1.29, 1.82) is 0 Å². The van der Waals surface area contributed by atoms with E-state index in [4.69, 9.17) is 0 Å². The van der Waals surface area contributed by atoms with E-state index in [9.17, 15) is 9.59 Å². The molecule has 0 saturated carbocycles. The van der Waals surface area contributed by atoms with Crippen molar-refractivity contribution in [3.05, 3.63) is 48.3 Å². The Labute approximate surface area is 135 Å². The quantitative estimate of drug-likeness (QED) is 0.938. The lowest BCUT2D eigenvalue weighted by atomic mass is 10.1. The number of rotatable bonds is 4. The number of likely N-dealkylation sites (tertiary alicyclic amines) is 1. The zero-order valence-corrected chi connectivity index (χ0v) is 13.3. The molecule has 3 rings (SSSR count). The highest BCUT2D eigenvalue weighted by Gasteiger charge is 2.37. The van der Waals surface area contributed by atoms with Crippen LogP contribution in [-0.2, 0) is 16.6 Å². The molecule has 0 radical (unpaired) electrons. The molecule has 1 aliphatic rings. The fourth-order valence-corrected chi connectivity index (χ4v) is 2.92. The topological polar surface area (TPSA) is 67.2 Å². The van der Waals surface area contributed by atoms with E-state index in [1.54, 1.807) is 29.0 Å². The van der Waals surface area contributed by atoms with Gasteiger partial charge in [-0.25, -0.2) is 0 Å². The van der Waals surface area contributed by atoms with Crippen LogP contribution in [0.3, 0.4) is 0 Å². The van der Waals surface area contributed by atoms with Crippen molar-refractivity contribution in [2.45, 2.75) is 19.4 Å². The Morgan fingerprint density at radius 2 is 2.09 bits per heavy atom. The Balaban J connectivity index is 1.66. The number of aromatic nitrogens is 2. The van der Waals surface area contributed by atoms with Crippen LogP contribution in [0, 0.1) is 5.92 Å². The van der Waals surface area contributed by atoms with E-state index >= 15 is 0 Å². The maximum Gasteiger partial charge on any atom is 0.229 e. The zero-order valence-electron chi connectivity index (χ0n) is 13.3. The van der Waals surface area contributed by atoms with Crippen molar-refractivity contribution in [3.8, 4) is 0 Å². The van der Waals surface area contributed by atoms with Crippen LogP contribution in [0.4, 0.5) is 5.69 Å². The highest BCUT2D eigenvalue weighted by atomic mass is 16.2. The van der Waals surface area contributed by atoms with Crippen LogP contribution < -0.4 is 5.32 Å². The first-order valence-electron chi connectivity index (χ1n) is 7.68. The Hall–Kier alpha value is -2.63. The number of aryl methyl sites for hydroxylation is 1. The molecule has 2 aromatic rings. The standard InChI is InChI=1S/C17H20N4O2/c1-12(13-6-4-3-5-7-13)21-10-14(8-16(21)22)17(23)19-15-9-18-20(2)11-15/h3-7,9,11-12,14H,8,10H2,1-2H3,(H,19,23)/t12-,14-/m1/s1. The lowest BCUT2D eigenvalue weighted by molar-refractivity contribution is -0.129. The van der Waals surface area contributed by atoms with Gasteiger partial charge in [0, 0.05) is 26.2 Å². The maximum absolute atomic E-state index is 12.3. The van der Waals surface area contributed by atoms with Gasteiger partial charge in [0.1, 0.15) is 0 Å². The molecule has 1 fully saturated rings. The predicted molar refractivity (Wildman–Crippen MR) is 86.5 cm³/mol. The van der Waals surface area contributed by atoms with Crippen LogP contribution in [0.15, 0.2) is 42.7 Å². The summed E-state index contributed by atoms with van der Waals surface area (Å²) in [4.78, 5) is 26.4. The van der Waals surface area contributed by atoms with E-state index in [0.717, 1.165) is 5.56 Å². The van der Waals surface area contributed by atoms with Gasteiger partial charge in [0.2, 0.25) is 11.8 Å². The third kappa shape index (κ3) is 3.26. The lowest BCUT2D eigenvalue weighted by Gasteiger charge is -2.25. The molecular weight excluding hydrogens is 292 g/mol. The van der Waals surface area contributed by atoms with Crippen LogP contribution in [0.5, 0.6) is 0 Å². The number of amides is 2. The number of hydrogen-bond donors (Lipinski definition) is 1. The molecule has 1 N–H and O–H groups in total. The number of carbonyl (C=O) groups is 2. The first-order valence-corrected chi connectivity index (χ1v) is 7.68. The van der Waals surface area contributed by atoms with Crippen molar-refractivity contribution in [3.63, 3.8) is 0 Å². The normalized spacial score (nSPS) is 19.0. The second kappa shape index (κ2) is 6.24. The van der Waals surface area contributed by atoms with Gasteiger partial charge in [-0.2, -0.15) is 5.10 Å². The Morgan fingerprint density at radius 1 is 1.35 bits per heavy atom. The average molecular weight is 312 g/mol. The van der Waals surface area contributed by atoms with Crippen LogP contribution in [-0.4, -0.2) is 33.0 Å². The summed E-state index contributed by atoms with van der Waals surface area (Å²) >= 11 is 0. The van der Waals surface area contributed by atoms with E-state index in [-0.39, 0.29) is 30.2 Å². The second-order valence-corrected chi connectivity index (χ2v) is 5.93. The number of hydrogen-bond acceptors (Lipinski definition) is 3. The van der Waals surface area contributed by atoms with Crippen LogP contribution >= 0.6 is 0 Å². The molecule has 1 aliphatic heterocycles. The minimum atomic E-state index is -0.325. The summed E-state index contributed by atoms with van der Waals surface area (Å²) < 4.78 is 1.62. The minimum absolute atomic E-state index is 0.0210. The minimum Gasteiger partial charge on any atom is -0.335 e. The van der Waals surface area contributed by atoms with E-state index in [0.29, 0.717) is 12.2 Å². The van der Waals surface area contributed by atoms with Crippen molar-refractivity contribution in [1.82, 2.24) is 14.7 Å². The summed E-state index contributed by atoms with van der Waals surface area (Å²) in [6.07, 6.45) is 3.58. The van der Waals surface area contributed by atoms with Gasteiger partial charge in [0.05, 0.1) is 23.8 Å². The summed E-state index contributed by atoms with van der Waals surface area (Å²) in [6.45, 7) is 2.44. The van der Waals surface area contributed by atoms with E-state index in [1.807, 2.05) is 37.3 Å². The molecule has 1 aromatic carbocycles. The van der Waals surface area contributed by atoms with Gasteiger partial charge in [-0.05, 0) is 12.5 Å². The lowest BCUT2D eigenvalue weighted by Crippen LogP contribution is -2.30. The molecule has 6 nitrogen and oxygen atoms in total. The van der Waals surface area contributed by atoms with Gasteiger partial charge in [0.25, 0.3) is 0 Å². The average Bonchev–Trinajstić information content (AvgIpc) is 3.13. The number of nitrogens with zero attached hydrogens (tertiary/aromatic N) is 3. The maximum atomic E-state index is 12.3. The SMILES string of the molecule is C[C@H](c1ccccc1)N1C[C@H](C(=O)Nc2cnn(C)c2)CC1=O. The van der Waals surface area contributed by atoms with Gasteiger partial charge < -0.3 is 10.2 Å². The summed E-state index contributed by atoms with van der Waals surface area (Å²) in [6, 6.07) is 9.84. The molecule has 2 atom stereocenters. The number of anilines is 1. The van der Waals surface area contributed by atoms with Gasteiger partial charge in [0.15, 0.2) is 0 Å². The van der Waals surface area contributed by atoms with E-state index in [2.05, 4.69) is 10.4 Å². The smallest absolute Gasteiger partial charge is 0.229 e. The predicted octanol–water partition coefficient (Wildman–Crippen LogP) is 1.97. The van der Waals surface area contributed by atoms with Gasteiger partial charge >= 0.3 is 0 Å². The Bertz CT molecular complexity index is 710. The highest BCUT2D eigenvalue weighted by Crippen LogP contribution is 2.29. The molecule has 23 heavy (non-hydrogen) atoms. The van der Waals surface area contributed by atoms with Gasteiger partial charge in [-0.3, -0.25) is 14.3 Å². The molecule has 1 aromatic heterocycles. The van der Waals surface area contributed by atoms with Crippen LogP contribution in [0.2, 0.25) is 0 Å². The monoisotopic (exact) mass is 312 g/mol. The number of carbonyl (C=O) groups excluding carboxylic acids is 2. The summed E-state index contributed by atoms with van der Waals surface area (Å²) in [5, 5.41) is 6.84. The van der Waals surface area contributed by atoms with Crippen molar-refractivity contribution < 1.29 is 9.59 Å². The van der Waals surface area contributed by atoms with E-state index < -0.39 is 0 Å². The van der Waals surface area contributed by atoms with Crippen molar-refractivity contribution in [2.75, 3.05) is 11.9 Å². The molecule has 2 amide bonds. The number of benzene rings is 1. The molecule has 120 valence electrons. The largest absolute Gasteiger partial charge is 0.335 e. The van der Waals surface area contributed by atoms with Gasteiger partial charge in [-0.15, -0.1) is 0 Å². The first-order chi connectivity index (χ1) is 11.0. The Kier molecular flexibility index (Phi) is 4.14. The second-order valence-electron chi connectivity index (χ2n) is 5.93. The molecule has 1 saturated heterocycles. The number of nitrogens with one attached hydrogen (secondary N) is 1. The van der Waals surface area contributed by atoms with Crippen molar-refractivity contribution >= 4 is 17.5 Å². The zero-order chi connectivity index (χ0) is 16.4. The molecule has 0 bridgehead atoms. The molecule has 0 unspecified atom stereocenters. The van der Waals surface area contributed by atoms with Gasteiger partial charge in [-0.1, -0.05) is 30.3 Å². The first kappa shape index (κ1) is 15.3. The summed E-state index contributed by atoms with van der Waals surface area (Å²) in [5.41, 5.74) is 1.73. The summed E-state index contributed by atoms with van der Waals surface area (Å²) in [7, 11) is 1.79. The summed E-state index contributed by atoms with van der Waals surface area (Å²) in [5.74, 6) is -0.435. The molecule has 2 heterocycles. The van der Waals surface area contributed by atoms with Crippen LogP contribution in [0.1, 0.15) is 24.9 Å². The molecular formula is C17H20N4O2. The van der Waals surface area contributed by atoms with Crippen LogP contribution in [0.25, 0.3) is 0 Å². The third-order valence-electron chi connectivity index (χ3n) is 4.25. The fourth-order valence-electron chi connectivity index (χ4n) is 2.92. The van der Waals surface area contributed by atoms with Crippen molar-refractivity contribution in [2.24, 2.45) is 13.0 Å². The molecule has 0 spiro atoms. The molecule has 6 heteroatoms.